The summed E-state index contributed by atoms with van der Waals surface area (Å²) in [5.74, 6) is 0.0759. The second-order valence-electron chi connectivity index (χ2n) is 7.70. The van der Waals surface area contributed by atoms with E-state index in [-0.39, 0.29) is 11.6 Å². The van der Waals surface area contributed by atoms with Crippen LogP contribution in [-0.2, 0) is 12.8 Å². The van der Waals surface area contributed by atoms with Crippen molar-refractivity contribution in [3.8, 4) is 0 Å². The lowest BCUT2D eigenvalue weighted by atomic mass is 9.99. The summed E-state index contributed by atoms with van der Waals surface area (Å²) in [6, 6.07) is 24.8. The molecule has 0 saturated carbocycles. The van der Waals surface area contributed by atoms with Gasteiger partial charge >= 0.3 is 0 Å². The van der Waals surface area contributed by atoms with E-state index in [0.29, 0.717) is 26.2 Å². The maximum Gasteiger partial charge on any atom is 0.269 e. The Bertz CT molecular complexity index is 1040. The van der Waals surface area contributed by atoms with Crippen LogP contribution in [0.25, 0.3) is 0 Å². The summed E-state index contributed by atoms with van der Waals surface area (Å²) in [4.78, 5) is 27.7. The number of amides is 1. The molecular formula is C25H25N3O3. The Labute approximate surface area is 181 Å². The van der Waals surface area contributed by atoms with Crippen LogP contribution in [0.2, 0.25) is 0 Å². The number of aryl methyl sites for hydroxylation is 2. The van der Waals surface area contributed by atoms with Crippen LogP contribution < -0.4 is 4.90 Å². The van der Waals surface area contributed by atoms with Crippen molar-refractivity contribution in [3.05, 3.63) is 106 Å². The molecule has 0 unspecified atom stereocenters. The van der Waals surface area contributed by atoms with E-state index in [1.807, 2.05) is 47.4 Å². The Hall–Kier alpha value is -3.67. The van der Waals surface area contributed by atoms with Gasteiger partial charge in [-0.25, -0.2) is 0 Å². The third-order valence-corrected chi connectivity index (χ3v) is 5.77. The number of benzene rings is 3. The normalized spacial score (nSPS) is 13.8. The third kappa shape index (κ3) is 4.91. The number of nitro benzene ring substituents is 1. The smallest absolute Gasteiger partial charge is 0.269 e. The van der Waals surface area contributed by atoms with Crippen molar-refractivity contribution < 1.29 is 9.72 Å². The summed E-state index contributed by atoms with van der Waals surface area (Å²) < 4.78 is 0. The number of nitrogens with zero attached hydrogens (tertiary/aromatic N) is 3. The van der Waals surface area contributed by atoms with E-state index in [9.17, 15) is 14.9 Å². The maximum absolute atomic E-state index is 13.2. The van der Waals surface area contributed by atoms with Crippen molar-refractivity contribution in [1.82, 2.24) is 4.90 Å². The van der Waals surface area contributed by atoms with Gasteiger partial charge in [0, 0.05) is 49.6 Å². The van der Waals surface area contributed by atoms with E-state index in [2.05, 4.69) is 17.0 Å². The predicted molar refractivity (Wildman–Crippen MR) is 122 cm³/mol. The highest BCUT2D eigenvalue weighted by molar-refractivity contribution is 5.95. The summed E-state index contributed by atoms with van der Waals surface area (Å²) >= 11 is 0. The van der Waals surface area contributed by atoms with Crippen LogP contribution in [0.1, 0.15) is 21.5 Å². The van der Waals surface area contributed by atoms with Gasteiger partial charge in [-0.2, -0.15) is 0 Å². The number of non-ortho nitro benzene ring substituents is 1. The van der Waals surface area contributed by atoms with Gasteiger partial charge in [-0.1, -0.05) is 48.5 Å². The molecule has 1 aliphatic heterocycles. The van der Waals surface area contributed by atoms with Gasteiger partial charge in [-0.3, -0.25) is 14.9 Å². The molecule has 1 aliphatic rings. The Morgan fingerprint density at radius 1 is 0.806 bits per heavy atom. The largest absolute Gasteiger partial charge is 0.368 e. The fraction of sp³-hybridized carbons (Fsp3) is 0.240. The predicted octanol–water partition coefficient (Wildman–Crippen LogP) is 4.34. The van der Waals surface area contributed by atoms with Crippen LogP contribution in [0.3, 0.4) is 0 Å². The lowest BCUT2D eigenvalue weighted by Gasteiger charge is -2.36. The molecule has 4 rings (SSSR count). The van der Waals surface area contributed by atoms with Gasteiger partial charge in [0.25, 0.3) is 11.6 Å². The zero-order valence-corrected chi connectivity index (χ0v) is 17.3. The fourth-order valence-corrected chi connectivity index (χ4v) is 3.99. The monoisotopic (exact) mass is 415 g/mol. The molecule has 0 aromatic heterocycles. The van der Waals surface area contributed by atoms with Crippen LogP contribution in [0.5, 0.6) is 0 Å². The fourth-order valence-electron chi connectivity index (χ4n) is 3.99. The number of rotatable bonds is 6. The minimum Gasteiger partial charge on any atom is -0.368 e. The standard InChI is InChI=1S/C25H25N3O3/c29-25(24-9-5-4-8-21(24)11-10-20-6-2-1-3-7-20)27-18-16-26(17-19-27)22-12-14-23(15-13-22)28(30)31/h1-9,12-15H,10-11,16-19H2. The average molecular weight is 415 g/mol. The molecule has 3 aromatic carbocycles. The highest BCUT2D eigenvalue weighted by atomic mass is 16.6. The number of carbonyl (C=O) groups is 1. The highest BCUT2D eigenvalue weighted by Gasteiger charge is 2.24. The van der Waals surface area contributed by atoms with Crippen LogP contribution in [0.15, 0.2) is 78.9 Å². The number of nitro groups is 1. The first kappa shape index (κ1) is 20.6. The zero-order chi connectivity index (χ0) is 21.6. The van der Waals surface area contributed by atoms with Crippen molar-refractivity contribution in [2.24, 2.45) is 0 Å². The molecule has 1 heterocycles. The van der Waals surface area contributed by atoms with E-state index in [0.717, 1.165) is 29.7 Å². The summed E-state index contributed by atoms with van der Waals surface area (Å²) in [6.07, 6.45) is 1.73. The molecule has 31 heavy (non-hydrogen) atoms. The van der Waals surface area contributed by atoms with Gasteiger partial charge in [-0.05, 0) is 42.2 Å². The lowest BCUT2D eigenvalue weighted by molar-refractivity contribution is -0.384. The molecule has 0 radical (unpaired) electrons. The van der Waals surface area contributed by atoms with Gasteiger partial charge in [0.2, 0.25) is 0 Å². The molecular weight excluding hydrogens is 390 g/mol. The van der Waals surface area contributed by atoms with Crippen LogP contribution in [0, 0.1) is 10.1 Å². The first-order valence-corrected chi connectivity index (χ1v) is 10.5. The van der Waals surface area contributed by atoms with E-state index in [4.69, 9.17) is 0 Å². The van der Waals surface area contributed by atoms with Gasteiger partial charge in [0.1, 0.15) is 0 Å². The third-order valence-electron chi connectivity index (χ3n) is 5.77. The average Bonchev–Trinajstić information content (AvgIpc) is 2.83. The SMILES string of the molecule is O=C(c1ccccc1CCc1ccccc1)N1CCN(c2ccc([N+](=O)[O-])cc2)CC1. The number of anilines is 1. The second-order valence-corrected chi connectivity index (χ2v) is 7.70. The van der Waals surface area contributed by atoms with Gasteiger partial charge in [-0.15, -0.1) is 0 Å². The summed E-state index contributed by atoms with van der Waals surface area (Å²) in [6.45, 7) is 2.66. The second kappa shape index (κ2) is 9.43. The van der Waals surface area contributed by atoms with E-state index in [1.54, 1.807) is 12.1 Å². The van der Waals surface area contributed by atoms with Crippen LogP contribution in [0.4, 0.5) is 11.4 Å². The number of carbonyl (C=O) groups excluding carboxylic acids is 1. The first-order valence-electron chi connectivity index (χ1n) is 10.5. The molecule has 6 heteroatoms. The number of hydrogen-bond acceptors (Lipinski definition) is 4. The summed E-state index contributed by atoms with van der Waals surface area (Å²) in [5.41, 5.74) is 4.16. The number of piperazine rings is 1. The zero-order valence-electron chi connectivity index (χ0n) is 17.3. The Kier molecular flexibility index (Phi) is 6.26. The molecule has 0 aliphatic carbocycles. The molecule has 0 atom stereocenters. The van der Waals surface area contributed by atoms with Crippen LogP contribution in [-0.4, -0.2) is 41.9 Å². The summed E-state index contributed by atoms with van der Waals surface area (Å²) in [7, 11) is 0. The first-order chi connectivity index (χ1) is 15.1. The van der Waals surface area contributed by atoms with E-state index >= 15 is 0 Å². The molecule has 0 spiro atoms. The molecule has 0 N–H and O–H groups in total. The van der Waals surface area contributed by atoms with Crippen LogP contribution >= 0.6 is 0 Å². The van der Waals surface area contributed by atoms with Crippen molar-refractivity contribution >= 4 is 17.3 Å². The summed E-state index contributed by atoms with van der Waals surface area (Å²) in [5, 5.41) is 10.8. The molecule has 0 bridgehead atoms. The lowest BCUT2D eigenvalue weighted by Crippen LogP contribution is -2.49. The molecule has 1 fully saturated rings. The highest BCUT2D eigenvalue weighted by Crippen LogP contribution is 2.22. The molecule has 1 saturated heterocycles. The number of hydrogen-bond donors (Lipinski definition) is 0. The van der Waals surface area contributed by atoms with Crippen molar-refractivity contribution in [2.45, 2.75) is 12.8 Å². The quantitative estimate of drug-likeness (QED) is 0.444. The van der Waals surface area contributed by atoms with Crippen molar-refractivity contribution in [2.75, 3.05) is 31.1 Å². The maximum atomic E-state index is 13.2. The van der Waals surface area contributed by atoms with E-state index < -0.39 is 4.92 Å². The van der Waals surface area contributed by atoms with Crippen molar-refractivity contribution in [3.63, 3.8) is 0 Å². The minimum absolute atomic E-state index is 0.0759. The Morgan fingerprint density at radius 2 is 1.45 bits per heavy atom. The van der Waals surface area contributed by atoms with Gasteiger partial charge in [0.05, 0.1) is 4.92 Å². The Morgan fingerprint density at radius 3 is 2.13 bits per heavy atom. The topological polar surface area (TPSA) is 66.7 Å². The Balaban J connectivity index is 1.39. The molecule has 158 valence electrons. The molecule has 1 amide bonds. The van der Waals surface area contributed by atoms with Gasteiger partial charge < -0.3 is 9.80 Å². The van der Waals surface area contributed by atoms with Gasteiger partial charge in [0.15, 0.2) is 0 Å². The molecule has 3 aromatic rings. The molecule has 6 nitrogen and oxygen atoms in total. The van der Waals surface area contributed by atoms with Crippen molar-refractivity contribution in [1.29, 1.82) is 0 Å². The van der Waals surface area contributed by atoms with E-state index in [1.165, 1.54) is 17.7 Å². The minimum atomic E-state index is -0.393.